The van der Waals surface area contributed by atoms with E-state index in [-0.39, 0.29) is 22.9 Å². The minimum absolute atomic E-state index is 0. The Labute approximate surface area is 248 Å². The molecule has 3 rings (SSSR count). The molecule has 1 aromatic heterocycles. The summed E-state index contributed by atoms with van der Waals surface area (Å²) in [7, 11) is 0. The van der Waals surface area contributed by atoms with E-state index in [1.807, 2.05) is 24.3 Å². The van der Waals surface area contributed by atoms with Crippen LogP contribution in [0.15, 0.2) is 59.6 Å². The molecule has 0 fully saturated rings. The van der Waals surface area contributed by atoms with Gasteiger partial charge in [0, 0.05) is 16.8 Å². The van der Waals surface area contributed by atoms with E-state index in [9.17, 15) is 4.79 Å². The van der Waals surface area contributed by atoms with Gasteiger partial charge < -0.3 is 27.0 Å². The van der Waals surface area contributed by atoms with Crippen molar-refractivity contribution in [1.82, 2.24) is 0 Å². The standard InChI is InChI=1S/C31H41ClN2O2S.BrH/c1-2-3-4-5-6-7-8-9-10-11-12-13-21-36-30-19-16-27(23-29(30)32)31(35)33-28-17-14-26(15-18-28)24-34-20-22-37-25-34;/h14-20,22-23,25H,2-13,21,24H2,1H3;1H. The van der Waals surface area contributed by atoms with Crippen LogP contribution in [0.25, 0.3) is 0 Å². The summed E-state index contributed by atoms with van der Waals surface area (Å²) in [6.07, 6.45) is 17.9. The van der Waals surface area contributed by atoms with Crippen LogP contribution in [0.3, 0.4) is 0 Å². The van der Waals surface area contributed by atoms with Crippen LogP contribution in [0.2, 0.25) is 5.02 Å². The summed E-state index contributed by atoms with van der Waals surface area (Å²) in [6.45, 7) is 3.73. The number of aromatic nitrogens is 1. The molecule has 0 aliphatic rings. The Morgan fingerprint density at radius 3 is 2.11 bits per heavy atom. The Balaban J connectivity index is 0.00000507. The summed E-state index contributed by atoms with van der Waals surface area (Å²) in [6, 6.07) is 13.1. The van der Waals surface area contributed by atoms with Crippen LogP contribution in [-0.4, -0.2) is 12.5 Å². The zero-order chi connectivity index (χ0) is 26.1. The van der Waals surface area contributed by atoms with E-state index >= 15 is 0 Å². The van der Waals surface area contributed by atoms with Crippen LogP contribution in [0.1, 0.15) is 99.9 Å². The summed E-state index contributed by atoms with van der Waals surface area (Å²) in [5, 5.41) is 5.46. The number of nitrogens with zero attached hydrogens (tertiary/aromatic N) is 1. The molecule has 0 atom stereocenters. The average molecular weight is 622 g/mol. The lowest BCUT2D eigenvalue weighted by Gasteiger charge is -2.10. The van der Waals surface area contributed by atoms with Gasteiger partial charge in [0.1, 0.15) is 5.75 Å². The van der Waals surface area contributed by atoms with Crippen molar-refractivity contribution in [2.24, 2.45) is 0 Å². The summed E-state index contributed by atoms with van der Waals surface area (Å²) in [4.78, 5) is 12.7. The van der Waals surface area contributed by atoms with E-state index in [1.54, 1.807) is 29.5 Å². The number of unbranched alkanes of at least 4 members (excludes halogenated alkanes) is 11. The maximum atomic E-state index is 12.7. The van der Waals surface area contributed by atoms with Gasteiger partial charge in [-0.1, -0.05) is 113 Å². The number of anilines is 1. The second-order valence-electron chi connectivity index (χ2n) is 9.73. The highest BCUT2D eigenvalue weighted by Crippen LogP contribution is 2.26. The van der Waals surface area contributed by atoms with E-state index in [1.165, 1.54) is 76.2 Å². The van der Waals surface area contributed by atoms with Gasteiger partial charge >= 0.3 is 0 Å². The second kappa shape index (κ2) is 19.2. The number of rotatable bonds is 18. The van der Waals surface area contributed by atoms with Crippen LogP contribution >= 0.6 is 22.9 Å². The first-order valence-electron chi connectivity index (χ1n) is 13.9. The molecule has 208 valence electrons. The maximum absolute atomic E-state index is 12.7. The zero-order valence-corrected chi connectivity index (χ0v) is 25.8. The van der Waals surface area contributed by atoms with Gasteiger partial charge in [0.05, 0.1) is 17.0 Å². The number of carbonyl (C=O) groups is 1. The summed E-state index contributed by atoms with van der Waals surface area (Å²) < 4.78 is 8.00. The molecule has 0 spiro atoms. The van der Waals surface area contributed by atoms with Gasteiger partial charge in [-0.15, -0.1) is 0 Å². The van der Waals surface area contributed by atoms with Crippen molar-refractivity contribution in [2.45, 2.75) is 90.5 Å². The van der Waals surface area contributed by atoms with Crippen LogP contribution in [0.4, 0.5) is 5.69 Å². The van der Waals surface area contributed by atoms with Gasteiger partial charge in [0.25, 0.3) is 5.91 Å². The first-order chi connectivity index (χ1) is 18.2. The fourth-order valence-electron chi connectivity index (χ4n) is 4.34. The molecule has 2 aromatic carbocycles. The normalized spacial score (nSPS) is 10.7. The Morgan fingerprint density at radius 1 is 0.895 bits per heavy atom. The molecule has 7 heteroatoms. The molecule has 1 heterocycles. The smallest absolute Gasteiger partial charge is 0.255 e. The average Bonchev–Trinajstić information content (AvgIpc) is 3.42. The largest absolute Gasteiger partial charge is 1.00 e. The predicted octanol–water partition coefficient (Wildman–Crippen LogP) is 6.07. The fraction of sp³-hybridized carbons (Fsp3) is 0.484. The third-order valence-electron chi connectivity index (χ3n) is 6.55. The number of ether oxygens (including phenoxy) is 1. The number of benzene rings is 2. The predicted molar refractivity (Wildman–Crippen MR) is 156 cm³/mol. The highest BCUT2D eigenvalue weighted by Gasteiger charge is 2.11. The molecule has 4 nitrogen and oxygen atoms in total. The molecule has 3 aromatic rings. The number of halogens is 2. The minimum Gasteiger partial charge on any atom is -1.00 e. The number of hydrogen-bond acceptors (Lipinski definition) is 3. The Bertz CT molecular complexity index is 1040. The fourth-order valence-corrected chi connectivity index (χ4v) is 5.18. The van der Waals surface area contributed by atoms with E-state index < -0.39 is 0 Å². The topological polar surface area (TPSA) is 42.2 Å². The first-order valence-corrected chi connectivity index (χ1v) is 15.2. The summed E-state index contributed by atoms with van der Waals surface area (Å²) in [5.41, 5.74) is 4.53. The van der Waals surface area contributed by atoms with Crippen molar-refractivity contribution in [2.75, 3.05) is 11.9 Å². The monoisotopic (exact) mass is 620 g/mol. The molecular weight excluding hydrogens is 580 g/mol. The van der Waals surface area contributed by atoms with E-state index in [2.05, 4.69) is 33.9 Å². The van der Waals surface area contributed by atoms with Gasteiger partial charge in [-0.2, -0.15) is 4.57 Å². The molecule has 0 aliphatic carbocycles. The van der Waals surface area contributed by atoms with Crippen molar-refractivity contribution in [1.29, 1.82) is 0 Å². The van der Waals surface area contributed by atoms with E-state index in [0.29, 0.717) is 22.9 Å². The Kier molecular flexibility index (Phi) is 16.3. The highest BCUT2D eigenvalue weighted by molar-refractivity contribution is 7.07. The van der Waals surface area contributed by atoms with Crippen LogP contribution in [-0.2, 0) is 6.54 Å². The number of hydrogen-bond donors (Lipinski definition) is 1. The summed E-state index contributed by atoms with van der Waals surface area (Å²) >= 11 is 8.08. The molecule has 0 unspecified atom stereocenters. The molecule has 1 amide bonds. The molecule has 0 radical (unpaired) electrons. The van der Waals surface area contributed by atoms with Crippen molar-refractivity contribution in [3.8, 4) is 5.75 Å². The van der Waals surface area contributed by atoms with Crippen molar-refractivity contribution in [3.05, 3.63) is 75.7 Å². The Morgan fingerprint density at radius 2 is 1.53 bits per heavy atom. The van der Waals surface area contributed by atoms with Crippen LogP contribution in [0.5, 0.6) is 5.75 Å². The number of amides is 1. The molecule has 0 aliphatic heterocycles. The van der Waals surface area contributed by atoms with Gasteiger partial charge in [0.2, 0.25) is 5.51 Å². The first kappa shape index (κ1) is 32.3. The maximum Gasteiger partial charge on any atom is 0.255 e. The van der Waals surface area contributed by atoms with Gasteiger partial charge in [0.15, 0.2) is 12.7 Å². The second-order valence-corrected chi connectivity index (χ2v) is 10.9. The lowest BCUT2D eigenvalue weighted by molar-refractivity contribution is -0.683. The van der Waals surface area contributed by atoms with E-state index in [0.717, 1.165) is 18.7 Å². The third kappa shape index (κ3) is 12.3. The molecule has 38 heavy (non-hydrogen) atoms. The van der Waals surface area contributed by atoms with Gasteiger partial charge in [-0.3, -0.25) is 4.79 Å². The molecule has 0 bridgehead atoms. The van der Waals surface area contributed by atoms with Crippen LogP contribution < -0.4 is 31.6 Å². The minimum atomic E-state index is -0.186. The lowest BCUT2D eigenvalue weighted by Crippen LogP contribution is -3.00. The van der Waals surface area contributed by atoms with Crippen molar-refractivity contribution in [3.63, 3.8) is 0 Å². The Hall–Kier alpha value is -1.89. The molecule has 0 saturated heterocycles. The molecule has 0 saturated carbocycles. The number of carbonyl (C=O) groups excluding carboxylic acids is 1. The lowest BCUT2D eigenvalue weighted by atomic mass is 10.1. The number of thiazole rings is 1. The quantitative estimate of drug-likeness (QED) is 0.138. The van der Waals surface area contributed by atoms with Gasteiger partial charge in [-0.25, -0.2) is 0 Å². The number of nitrogens with one attached hydrogen (secondary N) is 1. The van der Waals surface area contributed by atoms with E-state index in [4.69, 9.17) is 16.3 Å². The van der Waals surface area contributed by atoms with Crippen molar-refractivity contribution >= 4 is 34.5 Å². The SMILES string of the molecule is CCCCCCCCCCCCCCOc1ccc(C(=O)Nc2ccc(C[n+]3ccsc3)cc2)cc1Cl.[Br-]. The molecular formula is C31H42BrClN2O2S. The summed E-state index contributed by atoms with van der Waals surface area (Å²) in [5.74, 6) is 0.450. The van der Waals surface area contributed by atoms with Crippen LogP contribution in [0, 0.1) is 0 Å². The van der Waals surface area contributed by atoms with Gasteiger partial charge in [-0.05, 0) is 36.8 Å². The molecule has 1 N–H and O–H groups in total. The zero-order valence-electron chi connectivity index (χ0n) is 22.6. The van der Waals surface area contributed by atoms with Crippen molar-refractivity contribution < 1.29 is 31.1 Å². The highest BCUT2D eigenvalue weighted by atomic mass is 79.9. The third-order valence-corrected chi connectivity index (χ3v) is 7.52.